The maximum absolute atomic E-state index is 14.1. The molecular weight excluding hydrogens is 740 g/mol. The summed E-state index contributed by atoms with van der Waals surface area (Å²) in [7, 11) is 0. The van der Waals surface area contributed by atoms with Crippen molar-refractivity contribution in [2.24, 2.45) is 28.6 Å². The Morgan fingerprint density at radius 1 is 0.821 bits per heavy atom. The Morgan fingerprint density at radius 2 is 1.39 bits per heavy atom. The van der Waals surface area contributed by atoms with Gasteiger partial charge in [0.2, 0.25) is 0 Å². The van der Waals surface area contributed by atoms with Gasteiger partial charge in [0.25, 0.3) is 0 Å². The van der Waals surface area contributed by atoms with Crippen molar-refractivity contribution in [3.05, 3.63) is 11.6 Å². The Kier molecular flexibility index (Phi) is 12.4. The topological polar surface area (TPSA) is 297 Å². The molecule has 5 fully saturated rings. The van der Waals surface area contributed by atoms with Gasteiger partial charge in [0, 0.05) is 11.3 Å². The number of hydrogen-bond acceptors (Lipinski definition) is 17. The molecule has 0 aromatic heterocycles. The predicted octanol–water partition coefficient (Wildman–Crippen LogP) is -2.50. The van der Waals surface area contributed by atoms with E-state index < -0.39 is 132 Å². The van der Waals surface area contributed by atoms with Crippen LogP contribution in [0.15, 0.2) is 11.6 Å². The molecule has 6 rings (SSSR count). The van der Waals surface area contributed by atoms with Crippen LogP contribution in [-0.2, 0) is 23.7 Å². The van der Waals surface area contributed by atoms with Crippen LogP contribution in [0.5, 0.6) is 0 Å². The highest BCUT2D eigenvalue weighted by molar-refractivity contribution is 5.95. The normalized spacial score (nSPS) is 50.0. The van der Waals surface area contributed by atoms with Crippen molar-refractivity contribution in [3.63, 3.8) is 0 Å². The predicted molar refractivity (Wildman–Crippen MR) is 192 cm³/mol. The monoisotopic (exact) mass is 804 g/mol. The lowest BCUT2D eigenvalue weighted by molar-refractivity contribution is -0.328. The minimum absolute atomic E-state index is 0.0387. The van der Waals surface area contributed by atoms with Crippen molar-refractivity contribution in [3.8, 4) is 0 Å². The summed E-state index contributed by atoms with van der Waals surface area (Å²) in [5.74, 6) is -1.94. The second kappa shape index (κ2) is 15.7. The average Bonchev–Trinajstić information content (AvgIpc) is 3.42. The number of carbonyl (C=O) groups excluding carboxylic acids is 1. The first kappa shape index (κ1) is 44.3. The SMILES string of the molecule is CC(C)(O)CC[C@@H](O[C@H]1O[C@H](CO)[C@@H](O)[C@H](O)[C@H]1O)[C@](C)(O)[C@H]1CC[C@@]2(O)C3=CC(=O)[C@@H]4C[C@@H](O[C@H]5O[C@H](CO)[C@H](O)[C@H](O)[C@H]5O)[C@@H](O)C[C@]4(C)[C@H]3CC[C@]12C. The van der Waals surface area contributed by atoms with E-state index in [9.17, 15) is 66.1 Å². The fraction of sp³-hybridized carbons (Fsp3) is 0.923. The summed E-state index contributed by atoms with van der Waals surface area (Å²) in [5.41, 5.74) is -5.82. The summed E-state index contributed by atoms with van der Waals surface area (Å²) in [6.45, 7) is 7.20. The molecule has 0 spiro atoms. The summed E-state index contributed by atoms with van der Waals surface area (Å²) in [6.07, 6.45) is -15.6. The van der Waals surface area contributed by atoms with E-state index in [2.05, 4.69) is 0 Å². The lowest BCUT2D eigenvalue weighted by Crippen LogP contribution is -2.64. The number of aliphatic hydroxyl groups is 12. The second-order valence-corrected chi connectivity index (χ2v) is 18.8. The second-order valence-electron chi connectivity index (χ2n) is 18.8. The number of rotatable bonds is 11. The molecule has 0 bridgehead atoms. The van der Waals surface area contributed by atoms with Gasteiger partial charge in [-0.3, -0.25) is 4.79 Å². The molecule has 0 aromatic rings. The number of carbonyl (C=O) groups is 1. The Balaban J connectivity index is 1.25. The van der Waals surface area contributed by atoms with Crippen LogP contribution >= 0.6 is 0 Å². The largest absolute Gasteiger partial charge is 0.394 e. The molecule has 3 saturated carbocycles. The standard InChI is InChI=1S/C39H64O17/c1-35(2,50)9-8-26(56-34-32(49)30(47)28(45)24(16-41)55-34)38(5,51)25-7-11-39(52)18-12-20(42)19-13-22(53-33-31(48)29(46)27(44)23(15-40)54-33)21(43)14-36(19,3)17(18)6-10-37(25,39)4/h12,17,19,21-34,40-41,43-52H,6-11,13-16H2,1-5H3/t17-,19-,21-,22+,23+,24+,25-,26+,27-,28+,29-,30-,31+,32+,33-,34+,36+,37+,38+,39+/m0/s1. The van der Waals surface area contributed by atoms with Gasteiger partial charge in [0.05, 0.1) is 48.3 Å². The quantitative estimate of drug-likeness (QED) is 0.103. The van der Waals surface area contributed by atoms with Gasteiger partial charge in [0.15, 0.2) is 18.4 Å². The van der Waals surface area contributed by atoms with Gasteiger partial charge in [-0.05, 0) is 101 Å². The first-order valence-electron chi connectivity index (χ1n) is 20.0. The molecule has 2 saturated heterocycles. The highest BCUT2D eigenvalue weighted by atomic mass is 16.7. The molecule has 56 heavy (non-hydrogen) atoms. The highest BCUT2D eigenvalue weighted by Crippen LogP contribution is 2.69. The lowest BCUT2D eigenvalue weighted by atomic mass is 9.45. The van der Waals surface area contributed by atoms with Crippen LogP contribution < -0.4 is 0 Å². The van der Waals surface area contributed by atoms with Gasteiger partial charge in [-0.2, -0.15) is 0 Å². The van der Waals surface area contributed by atoms with Gasteiger partial charge in [-0.15, -0.1) is 0 Å². The Labute approximate surface area is 326 Å². The van der Waals surface area contributed by atoms with Crippen molar-refractivity contribution >= 4 is 5.78 Å². The molecule has 322 valence electrons. The molecule has 6 aliphatic rings. The van der Waals surface area contributed by atoms with E-state index in [0.29, 0.717) is 24.8 Å². The molecule has 0 unspecified atom stereocenters. The maximum atomic E-state index is 14.1. The fourth-order valence-corrected chi connectivity index (χ4v) is 11.3. The van der Waals surface area contributed by atoms with E-state index in [1.54, 1.807) is 20.8 Å². The molecule has 2 heterocycles. The van der Waals surface area contributed by atoms with E-state index in [1.165, 1.54) is 6.08 Å². The van der Waals surface area contributed by atoms with E-state index in [-0.39, 0.29) is 43.8 Å². The van der Waals surface area contributed by atoms with Gasteiger partial charge >= 0.3 is 0 Å². The van der Waals surface area contributed by atoms with Crippen LogP contribution in [0.25, 0.3) is 0 Å². The molecule has 0 amide bonds. The Hall–Kier alpha value is -1.23. The number of hydrogen-bond donors (Lipinski definition) is 12. The first-order valence-corrected chi connectivity index (χ1v) is 20.0. The van der Waals surface area contributed by atoms with Crippen molar-refractivity contribution in [2.75, 3.05) is 13.2 Å². The van der Waals surface area contributed by atoms with Crippen molar-refractivity contribution < 1.29 is 85.0 Å². The third kappa shape index (κ3) is 7.34. The van der Waals surface area contributed by atoms with Crippen molar-refractivity contribution in [1.82, 2.24) is 0 Å². The van der Waals surface area contributed by atoms with Gasteiger partial charge < -0.3 is 80.2 Å². The van der Waals surface area contributed by atoms with Crippen LogP contribution in [-0.4, -0.2) is 177 Å². The molecule has 0 aromatic carbocycles. The van der Waals surface area contributed by atoms with Crippen LogP contribution in [0.3, 0.4) is 0 Å². The third-order valence-corrected chi connectivity index (χ3v) is 14.8. The summed E-state index contributed by atoms with van der Waals surface area (Å²) >= 11 is 0. The third-order valence-electron chi connectivity index (χ3n) is 14.8. The minimum atomic E-state index is -1.75. The number of aliphatic hydroxyl groups excluding tert-OH is 9. The summed E-state index contributed by atoms with van der Waals surface area (Å²) in [4.78, 5) is 14.1. The van der Waals surface area contributed by atoms with Crippen LogP contribution in [0.1, 0.15) is 86.0 Å². The van der Waals surface area contributed by atoms with Gasteiger partial charge in [0.1, 0.15) is 48.8 Å². The summed E-state index contributed by atoms with van der Waals surface area (Å²) in [6, 6.07) is 0. The van der Waals surface area contributed by atoms with Crippen molar-refractivity contribution in [2.45, 2.75) is 183 Å². The Bertz CT molecular complexity index is 1450. The highest BCUT2D eigenvalue weighted by Gasteiger charge is 2.69. The van der Waals surface area contributed by atoms with Crippen LogP contribution in [0.4, 0.5) is 0 Å². The molecular formula is C39H64O17. The number of allylic oxidation sites excluding steroid dienone is 1. The van der Waals surface area contributed by atoms with Crippen molar-refractivity contribution in [1.29, 1.82) is 0 Å². The minimum Gasteiger partial charge on any atom is -0.394 e. The first-order chi connectivity index (χ1) is 25.9. The van der Waals surface area contributed by atoms with Crippen LogP contribution in [0.2, 0.25) is 0 Å². The zero-order valence-electron chi connectivity index (χ0n) is 32.8. The summed E-state index contributed by atoms with van der Waals surface area (Å²) in [5, 5.41) is 130. The number of ether oxygens (including phenoxy) is 4. The maximum Gasteiger partial charge on any atom is 0.187 e. The zero-order chi connectivity index (χ0) is 41.5. The van der Waals surface area contributed by atoms with E-state index >= 15 is 0 Å². The molecule has 12 N–H and O–H groups in total. The molecule has 17 heteroatoms. The van der Waals surface area contributed by atoms with Crippen LogP contribution in [0, 0.1) is 28.6 Å². The fourth-order valence-electron chi connectivity index (χ4n) is 11.3. The number of ketones is 1. The molecule has 4 aliphatic carbocycles. The summed E-state index contributed by atoms with van der Waals surface area (Å²) < 4.78 is 23.3. The molecule has 2 aliphatic heterocycles. The smallest absolute Gasteiger partial charge is 0.187 e. The molecule has 17 nitrogen and oxygen atoms in total. The van der Waals surface area contributed by atoms with Gasteiger partial charge in [-0.1, -0.05) is 13.8 Å². The average molecular weight is 805 g/mol. The lowest BCUT2D eigenvalue weighted by Gasteiger charge is -2.61. The molecule has 0 radical (unpaired) electrons. The van der Waals surface area contributed by atoms with E-state index in [1.807, 2.05) is 13.8 Å². The van der Waals surface area contributed by atoms with E-state index in [0.717, 1.165) is 0 Å². The van der Waals surface area contributed by atoms with Gasteiger partial charge in [-0.25, -0.2) is 0 Å². The van der Waals surface area contributed by atoms with E-state index in [4.69, 9.17) is 18.9 Å². The Morgan fingerprint density at radius 3 is 1.96 bits per heavy atom. The zero-order valence-corrected chi connectivity index (χ0v) is 32.8. The molecule has 20 atom stereocenters. The number of fused-ring (bicyclic) bond motifs is 5.